The van der Waals surface area contributed by atoms with Crippen molar-refractivity contribution in [1.82, 2.24) is 4.90 Å². The molecule has 2 aliphatic rings. The number of hydrogen-bond donors (Lipinski definition) is 0. The lowest BCUT2D eigenvalue weighted by Gasteiger charge is -2.14. The highest BCUT2D eigenvalue weighted by Crippen LogP contribution is 2.28. The zero-order valence-electron chi connectivity index (χ0n) is 9.56. The zero-order valence-corrected chi connectivity index (χ0v) is 9.56. The molecule has 2 rings (SSSR count). The number of nitrogens with zero attached hydrogens (tertiary/aromatic N) is 3. The molecule has 5 heteroatoms. The van der Waals surface area contributed by atoms with Crippen LogP contribution in [0.5, 0.6) is 0 Å². The Labute approximate surface area is 94.9 Å². The van der Waals surface area contributed by atoms with Gasteiger partial charge in [0.1, 0.15) is 0 Å². The summed E-state index contributed by atoms with van der Waals surface area (Å²) in [5.74, 6) is -0.511. The molecule has 1 saturated heterocycles. The van der Waals surface area contributed by atoms with Gasteiger partial charge in [-0.15, -0.1) is 0 Å². The molecule has 0 unspecified atom stereocenters. The molecule has 88 valence electrons. The van der Waals surface area contributed by atoms with Crippen LogP contribution >= 0.6 is 0 Å². The summed E-state index contributed by atoms with van der Waals surface area (Å²) in [6.07, 6.45) is 4.29. The maximum Gasteiger partial charge on any atom is 0.256 e. The first kappa shape index (κ1) is 11.2. The Morgan fingerprint density at radius 1 is 1.25 bits per heavy atom. The monoisotopic (exact) mass is 223 g/mol. The SMILES string of the molecule is CCCCCCN1C(=O)[C@H]2N=NC[C@H]2C1=O. The molecule has 0 aromatic rings. The summed E-state index contributed by atoms with van der Waals surface area (Å²) >= 11 is 0. The van der Waals surface area contributed by atoms with Crippen molar-refractivity contribution in [2.75, 3.05) is 13.1 Å². The first-order valence-corrected chi connectivity index (χ1v) is 5.97. The Morgan fingerprint density at radius 2 is 2.06 bits per heavy atom. The summed E-state index contributed by atoms with van der Waals surface area (Å²) in [6, 6.07) is -0.501. The van der Waals surface area contributed by atoms with E-state index in [1.54, 1.807) is 0 Å². The third kappa shape index (κ3) is 1.86. The second kappa shape index (κ2) is 4.72. The predicted molar refractivity (Wildman–Crippen MR) is 57.9 cm³/mol. The van der Waals surface area contributed by atoms with Crippen molar-refractivity contribution in [2.24, 2.45) is 16.1 Å². The number of hydrogen-bond acceptors (Lipinski definition) is 4. The summed E-state index contributed by atoms with van der Waals surface area (Å²) in [5.41, 5.74) is 0. The lowest BCUT2D eigenvalue weighted by molar-refractivity contribution is -0.139. The van der Waals surface area contributed by atoms with Crippen molar-refractivity contribution in [3.63, 3.8) is 0 Å². The number of amides is 2. The van der Waals surface area contributed by atoms with Crippen LogP contribution in [0, 0.1) is 5.92 Å². The molecule has 0 aromatic heterocycles. The van der Waals surface area contributed by atoms with Crippen LogP contribution in [-0.4, -0.2) is 35.8 Å². The lowest BCUT2D eigenvalue weighted by atomic mass is 10.1. The van der Waals surface area contributed by atoms with E-state index in [2.05, 4.69) is 17.2 Å². The Hall–Kier alpha value is -1.26. The van der Waals surface area contributed by atoms with Crippen LogP contribution < -0.4 is 0 Å². The van der Waals surface area contributed by atoms with Crippen molar-refractivity contribution < 1.29 is 9.59 Å². The zero-order chi connectivity index (χ0) is 11.5. The van der Waals surface area contributed by atoms with Gasteiger partial charge >= 0.3 is 0 Å². The minimum absolute atomic E-state index is 0.0727. The topological polar surface area (TPSA) is 62.1 Å². The summed E-state index contributed by atoms with van der Waals surface area (Å²) in [5, 5.41) is 7.61. The number of azo groups is 1. The minimum Gasteiger partial charge on any atom is -0.280 e. The molecule has 0 N–H and O–H groups in total. The van der Waals surface area contributed by atoms with Crippen molar-refractivity contribution in [3.8, 4) is 0 Å². The summed E-state index contributed by atoms with van der Waals surface area (Å²) in [7, 11) is 0. The molecule has 0 spiro atoms. The largest absolute Gasteiger partial charge is 0.280 e. The number of rotatable bonds is 5. The van der Waals surface area contributed by atoms with Gasteiger partial charge in [-0.2, -0.15) is 10.2 Å². The third-order valence-electron chi connectivity index (χ3n) is 3.20. The van der Waals surface area contributed by atoms with Crippen LogP contribution in [-0.2, 0) is 9.59 Å². The fourth-order valence-corrected chi connectivity index (χ4v) is 2.22. The van der Waals surface area contributed by atoms with Crippen molar-refractivity contribution >= 4 is 11.8 Å². The van der Waals surface area contributed by atoms with E-state index in [0.29, 0.717) is 13.1 Å². The fraction of sp³-hybridized carbons (Fsp3) is 0.818. The third-order valence-corrected chi connectivity index (χ3v) is 3.20. The maximum atomic E-state index is 11.8. The number of unbranched alkanes of at least 4 members (excludes halogenated alkanes) is 3. The molecular weight excluding hydrogens is 206 g/mol. The molecule has 0 saturated carbocycles. The van der Waals surface area contributed by atoms with Crippen LogP contribution in [0.2, 0.25) is 0 Å². The predicted octanol–water partition coefficient (Wildman–Crippen LogP) is 1.39. The molecular formula is C11H17N3O2. The molecule has 2 atom stereocenters. The van der Waals surface area contributed by atoms with E-state index in [1.165, 1.54) is 4.90 Å². The highest BCUT2D eigenvalue weighted by molar-refractivity contribution is 6.07. The minimum atomic E-state index is -0.501. The number of fused-ring (bicyclic) bond motifs is 1. The summed E-state index contributed by atoms with van der Waals surface area (Å²) in [4.78, 5) is 25.0. The van der Waals surface area contributed by atoms with Gasteiger partial charge in [0.2, 0.25) is 5.91 Å². The van der Waals surface area contributed by atoms with E-state index >= 15 is 0 Å². The first-order valence-electron chi connectivity index (χ1n) is 5.97. The second-order valence-corrected chi connectivity index (χ2v) is 4.38. The summed E-state index contributed by atoms with van der Waals surface area (Å²) in [6.45, 7) is 3.08. The molecule has 0 bridgehead atoms. The van der Waals surface area contributed by atoms with Gasteiger partial charge in [-0.25, -0.2) is 0 Å². The normalized spacial score (nSPS) is 27.9. The van der Waals surface area contributed by atoms with Crippen LogP contribution in [0.4, 0.5) is 0 Å². The average Bonchev–Trinajstić information content (AvgIpc) is 2.83. The number of carbonyl (C=O) groups is 2. The molecule has 5 nitrogen and oxygen atoms in total. The maximum absolute atomic E-state index is 11.8. The van der Waals surface area contributed by atoms with Gasteiger partial charge in [0.25, 0.3) is 5.91 Å². The molecule has 2 aliphatic heterocycles. The molecule has 0 aliphatic carbocycles. The molecule has 2 heterocycles. The fourth-order valence-electron chi connectivity index (χ4n) is 2.22. The van der Waals surface area contributed by atoms with E-state index in [-0.39, 0.29) is 17.7 Å². The van der Waals surface area contributed by atoms with Crippen LogP contribution in [0.25, 0.3) is 0 Å². The number of likely N-dealkylation sites (tertiary alicyclic amines) is 1. The Morgan fingerprint density at radius 3 is 2.75 bits per heavy atom. The van der Waals surface area contributed by atoms with Gasteiger partial charge < -0.3 is 0 Å². The Balaban J connectivity index is 1.88. The van der Waals surface area contributed by atoms with E-state index in [9.17, 15) is 9.59 Å². The molecule has 1 fully saturated rings. The van der Waals surface area contributed by atoms with Crippen molar-refractivity contribution in [1.29, 1.82) is 0 Å². The lowest BCUT2D eigenvalue weighted by Crippen LogP contribution is -2.33. The van der Waals surface area contributed by atoms with Crippen LogP contribution in [0.3, 0.4) is 0 Å². The molecule has 0 radical (unpaired) electrons. The van der Waals surface area contributed by atoms with Gasteiger partial charge in [-0.05, 0) is 6.42 Å². The Kier molecular flexibility index (Phi) is 3.31. The van der Waals surface area contributed by atoms with Crippen molar-refractivity contribution in [3.05, 3.63) is 0 Å². The van der Waals surface area contributed by atoms with Crippen LogP contribution in [0.15, 0.2) is 10.2 Å². The highest BCUT2D eigenvalue weighted by Gasteiger charge is 2.49. The molecule has 2 amide bonds. The van der Waals surface area contributed by atoms with Gasteiger partial charge in [0, 0.05) is 6.54 Å². The van der Waals surface area contributed by atoms with Crippen molar-refractivity contribution in [2.45, 2.75) is 38.6 Å². The van der Waals surface area contributed by atoms with E-state index in [0.717, 1.165) is 25.7 Å². The van der Waals surface area contributed by atoms with Gasteiger partial charge in [-0.1, -0.05) is 26.2 Å². The van der Waals surface area contributed by atoms with Gasteiger partial charge in [-0.3, -0.25) is 14.5 Å². The Bertz CT molecular complexity index is 327. The smallest absolute Gasteiger partial charge is 0.256 e. The second-order valence-electron chi connectivity index (χ2n) is 4.38. The van der Waals surface area contributed by atoms with Crippen LogP contribution in [0.1, 0.15) is 32.6 Å². The van der Waals surface area contributed by atoms with Gasteiger partial charge in [0.05, 0.1) is 12.5 Å². The quantitative estimate of drug-likeness (QED) is 0.522. The average molecular weight is 223 g/mol. The van der Waals surface area contributed by atoms with E-state index in [1.807, 2.05) is 0 Å². The van der Waals surface area contributed by atoms with E-state index in [4.69, 9.17) is 0 Å². The van der Waals surface area contributed by atoms with Gasteiger partial charge in [0.15, 0.2) is 6.04 Å². The summed E-state index contributed by atoms with van der Waals surface area (Å²) < 4.78 is 0. The number of imide groups is 1. The highest BCUT2D eigenvalue weighted by atomic mass is 16.2. The number of carbonyl (C=O) groups excluding carboxylic acids is 2. The van der Waals surface area contributed by atoms with E-state index < -0.39 is 6.04 Å². The molecule has 0 aromatic carbocycles. The first-order chi connectivity index (χ1) is 7.75. The molecule has 16 heavy (non-hydrogen) atoms. The standard InChI is InChI=1S/C11H17N3O2/c1-2-3-4-5-6-14-10(15)8-7-12-13-9(8)11(14)16/h8-9H,2-7H2,1H3/t8-,9+/m1/s1.